The SMILES string of the molecule is CC(=O)NCC1CC(NC(=O)c2cccn3nccc23)C1(C)C. The third-order valence-corrected chi connectivity index (χ3v) is 5.05. The lowest BCUT2D eigenvalue weighted by atomic mass is 9.58. The first kappa shape index (κ1) is 15.5. The summed E-state index contributed by atoms with van der Waals surface area (Å²) in [4.78, 5) is 23.7. The first-order valence-electron chi connectivity index (χ1n) is 7.87. The zero-order valence-electron chi connectivity index (χ0n) is 13.7. The predicted molar refractivity (Wildman–Crippen MR) is 87.0 cm³/mol. The van der Waals surface area contributed by atoms with Crippen LogP contribution in [-0.4, -0.2) is 34.0 Å². The lowest BCUT2D eigenvalue weighted by Crippen LogP contribution is -2.60. The van der Waals surface area contributed by atoms with Crippen LogP contribution in [0.25, 0.3) is 5.52 Å². The molecule has 2 amide bonds. The van der Waals surface area contributed by atoms with Crippen LogP contribution in [0.15, 0.2) is 30.6 Å². The number of rotatable bonds is 4. The average molecular weight is 314 g/mol. The number of fused-ring (bicyclic) bond motifs is 1. The first-order chi connectivity index (χ1) is 10.9. The average Bonchev–Trinajstić information content (AvgIpc) is 2.97. The van der Waals surface area contributed by atoms with Crippen LogP contribution in [0.2, 0.25) is 0 Å². The summed E-state index contributed by atoms with van der Waals surface area (Å²) in [5.74, 6) is 0.287. The van der Waals surface area contributed by atoms with Crippen molar-refractivity contribution in [2.75, 3.05) is 6.54 Å². The number of hydrogen-bond acceptors (Lipinski definition) is 3. The molecule has 0 bridgehead atoms. The first-order valence-corrected chi connectivity index (χ1v) is 7.87. The zero-order chi connectivity index (χ0) is 16.6. The Morgan fingerprint density at radius 2 is 2.17 bits per heavy atom. The molecule has 2 heterocycles. The summed E-state index contributed by atoms with van der Waals surface area (Å²) in [6.45, 7) is 6.45. The summed E-state index contributed by atoms with van der Waals surface area (Å²) in [6.07, 6.45) is 4.38. The molecule has 3 rings (SSSR count). The van der Waals surface area contributed by atoms with Crippen LogP contribution in [0.4, 0.5) is 0 Å². The van der Waals surface area contributed by atoms with Gasteiger partial charge < -0.3 is 10.6 Å². The number of hydrogen-bond donors (Lipinski definition) is 2. The van der Waals surface area contributed by atoms with Crippen LogP contribution in [0, 0.1) is 11.3 Å². The van der Waals surface area contributed by atoms with E-state index in [1.807, 2.05) is 24.4 Å². The lowest BCUT2D eigenvalue weighted by Gasteiger charge is -2.52. The zero-order valence-corrected chi connectivity index (χ0v) is 13.7. The van der Waals surface area contributed by atoms with Crippen molar-refractivity contribution in [3.63, 3.8) is 0 Å². The van der Waals surface area contributed by atoms with Gasteiger partial charge in [-0.15, -0.1) is 0 Å². The van der Waals surface area contributed by atoms with E-state index in [2.05, 4.69) is 29.6 Å². The standard InChI is InChI=1S/C17H22N4O2/c1-11(22)18-10-12-9-15(17(12,2)3)20-16(23)13-5-4-8-21-14(13)6-7-19-21/h4-8,12,15H,9-10H2,1-3H3,(H,18,22)(H,20,23). The highest BCUT2D eigenvalue weighted by atomic mass is 16.2. The molecule has 2 aromatic rings. The van der Waals surface area contributed by atoms with E-state index < -0.39 is 0 Å². The molecule has 6 nitrogen and oxygen atoms in total. The van der Waals surface area contributed by atoms with Gasteiger partial charge in [-0.3, -0.25) is 9.59 Å². The van der Waals surface area contributed by atoms with Crippen LogP contribution in [0.5, 0.6) is 0 Å². The molecule has 122 valence electrons. The number of amides is 2. The van der Waals surface area contributed by atoms with Gasteiger partial charge >= 0.3 is 0 Å². The van der Waals surface area contributed by atoms with Gasteiger partial charge in [0.1, 0.15) is 0 Å². The fourth-order valence-electron chi connectivity index (χ4n) is 3.25. The summed E-state index contributed by atoms with van der Waals surface area (Å²) in [5.41, 5.74) is 1.40. The van der Waals surface area contributed by atoms with E-state index in [9.17, 15) is 9.59 Å². The van der Waals surface area contributed by atoms with Crippen molar-refractivity contribution in [3.05, 3.63) is 36.2 Å². The predicted octanol–water partition coefficient (Wildman–Crippen LogP) is 1.61. The van der Waals surface area contributed by atoms with Gasteiger partial charge in [-0.05, 0) is 36.0 Å². The maximum atomic E-state index is 12.6. The molecule has 2 aromatic heterocycles. The molecule has 0 radical (unpaired) electrons. The Kier molecular flexibility index (Phi) is 3.83. The highest BCUT2D eigenvalue weighted by Crippen LogP contribution is 2.45. The minimum absolute atomic E-state index is 0.0132. The van der Waals surface area contributed by atoms with Crippen molar-refractivity contribution in [3.8, 4) is 0 Å². The van der Waals surface area contributed by atoms with Gasteiger partial charge in [-0.25, -0.2) is 4.52 Å². The molecule has 6 heteroatoms. The Balaban J connectivity index is 1.67. The second-order valence-corrected chi connectivity index (χ2v) is 6.80. The third kappa shape index (κ3) is 2.81. The molecular weight excluding hydrogens is 292 g/mol. The maximum Gasteiger partial charge on any atom is 0.253 e. The summed E-state index contributed by atoms with van der Waals surface area (Å²) in [5, 5.41) is 10.1. The highest BCUT2D eigenvalue weighted by Gasteiger charge is 2.48. The second kappa shape index (κ2) is 5.68. The molecule has 2 atom stereocenters. The van der Waals surface area contributed by atoms with Gasteiger partial charge in [0.2, 0.25) is 5.91 Å². The van der Waals surface area contributed by atoms with Crippen molar-refractivity contribution in [2.24, 2.45) is 11.3 Å². The second-order valence-electron chi connectivity index (χ2n) is 6.80. The van der Waals surface area contributed by atoms with Crippen LogP contribution < -0.4 is 10.6 Å². The van der Waals surface area contributed by atoms with Crippen LogP contribution >= 0.6 is 0 Å². The summed E-state index contributed by atoms with van der Waals surface area (Å²) >= 11 is 0. The summed E-state index contributed by atoms with van der Waals surface area (Å²) < 4.78 is 1.69. The number of carbonyl (C=O) groups is 2. The number of nitrogens with one attached hydrogen (secondary N) is 2. The molecule has 2 unspecified atom stereocenters. The largest absolute Gasteiger partial charge is 0.356 e. The van der Waals surface area contributed by atoms with Crippen LogP contribution in [0.3, 0.4) is 0 Å². The minimum atomic E-state index is -0.0767. The van der Waals surface area contributed by atoms with Crippen molar-refractivity contribution < 1.29 is 9.59 Å². The summed E-state index contributed by atoms with van der Waals surface area (Å²) in [6, 6.07) is 5.57. The van der Waals surface area contributed by atoms with Crippen molar-refractivity contribution in [2.45, 2.75) is 33.2 Å². The van der Waals surface area contributed by atoms with E-state index in [1.54, 1.807) is 10.7 Å². The molecule has 1 fully saturated rings. The topological polar surface area (TPSA) is 75.5 Å². The minimum Gasteiger partial charge on any atom is -0.356 e. The number of aromatic nitrogens is 2. The Bertz CT molecular complexity index is 750. The molecule has 0 spiro atoms. The Hall–Kier alpha value is -2.37. The van der Waals surface area contributed by atoms with E-state index in [-0.39, 0.29) is 23.3 Å². The van der Waals surface area contributed by atoms with Gasteiger partial charge in [0.15, 0.2) is 0 Å². The van der Waals surface area contributed by atoms with E-state index in [0.29, 0.717) is 18.0 Å². The molecule has 0 aliphatic heterocycles. The normalized spacial score (nSPS) is 22.4. The molecule has 1 saturated carbocycles. The molecular formula is C17H22N4O2. The molecule has 1 aliphatic rings. The number of carbonyl (C=O) groups excluding carboxylic acids is 2. The molecule has 23 heavy (non-hydrogen) atoms. The van der Waals surface area contributed by atoms with Crippen molar-refractivity contribution >= 4 is 17.3 Å². The molecule has 0 saturated heterocycles. The van der Waals surface area contributed by atoms with E-state index in [1.165, 1.54) is 6.92 Å². The quantitative estimate of drug-likeness (QED) is 0.900. The fourth-order valence-corrected chi connectivity index (χ4v) is 3.25. The van der Waals surface area contributed by atoms with E-state index in [4.69, 9.17) is 0 Å². The van der Waals surface area contributed by atoms with Gasteiger partial charge in [0.05, 0.1) is 17.3 Å². The third-order valence-electron chi connectivity index (χ3n) is 5.05. The highest BCUT2D eigenvalue weighted by molar-refractivity contribution is 6.00. The van der Waals surface area contributed by atoms with Crippen molar-refractivity contribution in [1.82, 2.24) is 20.2 Å². The Labute approximate surface area is 135 Å². The van der Waals surface area contributed by atoms with Gasteiger partial charge in [0, 0.05) is 25.7 Å². The lowest BCUT2D eigenvalue weighted by molar-refractivity contribution is -0.119. The monoisotopic (exact) mass is 314 g/mol. The van der Waals surface area contributed by atoms with Gasteiger partial charge in [0.25, 0.3) is 5.91 Å². The van der Waals surface area contributed by atoms with E-state index >= 15 is 0 Å². The summed E-state index contributed by atoms with van der Waals surface area (Å²) in [7, 11) is 0. The molecule has 2 N–H and O–H groups in total. The van der Waals surface area contributed by atoms with E-state index in [0.717, 1.165) is 11.9 Å². The van der Waals surface area contributed by atoms with Crippen molar-refractivity contribution in [1.29, 1.82) is 0 Å². The number of nitrogens with zero attached hydrogens (tertiary/aromatic N) is 2. The smallest absolute Gasteiger partial charge is 0.253 e. The Morgan fingerprint density at radius 1 is 1.39 bits per heavy atom. The molecule has 1 aliphatic carbocycles. The van der Waals surface area contributed by atoms with Gasteiger partial charge in [-0.1, -0.05) is 13.8 Å². The number of pyridine rings is 1. The van der Waals surface area contributed by atoms with Crippen LogP contribution in [-0.2, 0) is 4.79 Å². The van der Waals surface area contributed by atoms with Crippen LogP contribution in [0.1, 0.15) is 37.6 Å². The maximum absolute atomic E-state index is 12.6. The Morgan fingerprint density at radius 3 is 2.87 bits per heavy atom. The van der Waals surface area contributed by atoms with Gasteiger partial charge in [-0.2, -0.15) is 5.10 Å². The fraction of sp³-hybridized carbons (Fsp3) is 0.471. The molecule has 0 aromatic carbocycles.